The van der Waals surface area contributed by atoms with Crippen molar-refractivity contribution in [2.24, 2.45) is 0 Å². The average Bonchev–Trinajstić information content (AvgIpc) is 3.08. The third-order valence-corrected chi connectivity index (χ3v) is 3.71. The number of hydrogen-bond acceptors (Lipinski definition) is 5. The van der Waals surface area contributed by atoms with Crippen LogP contribution in [0.3, 0.4) is 0 Å². The molecule has 6 nitrogen and oxygen atoms in total. The van der Waals surface area contributed by atoms with E-state index >= 15 is 0 Å². The first-order valence-electron chi connectivity index (χ1n) is 7.49. The number of aromatic nitrogens is 3. The molecule has 0 bridgehead atoms. The van der Waals surface area contributed by atoms with E-state index in [1.54, 1.807) is 6.20 Å². The maximum atomic E-state index is 12.0. The van der Waals surface area contributed by atoms with E-state index < -0.39 is 0 Å². The van der Waals surface area contributed by atoms with Crippen molar-refractivity contribution in [2.75, 3.05) is 18.0 Å². The predicted octanol–water partition coefficient (Wildman–Crippen LogP) is 1.71. The number of amides is 1. The van der Waals surface area contributed by atoms with Crippen LogP contribution in [0.25, 0.3) is 0 Å². The Morgan fingerprint density at radius 3 is 2.59 bits per heavy atom. The van der Waals surface area contributed by atoms with Gasteiger partial charge in [0.2, 0.25) is 0 Å². The number of nitrogens with zero attached hydrogens (tertiary/aromatic N) is 4. The molecule has 2 aromatic heterocycles. The summed E-state index contributed by atoms with van der Waals surface area (Å²) in [5.41, 5.74) is 2.09. The van der Waals surface area contributed by atoms with Crippen molar-refractivity contribution in [1.82, 2.24) is 20.3 Å². The number of pyridine rings is 1. The molecule has 0 atom stereocenters. The molecule has 1 aliphatic rings. The van der Waals surface area contributed by atoms with Gasteiger partial charge in [0.05, 0.1) is 11.9 Å². The molecule has 6 heteroatoms. The molecule has 0 aliphatic carbocycles. The largest absolute Gasteiger partial charge is 0.357 e. The lowest BCUT2D eigenvalue weighted by Crippen LogP contribution is -2.24. The second kappa shape index (κ2) is 6.51. The Bertz CT molecular complexity index is 633. The number of carbonyl (C=O) groups is 1. The SMILES string of the molecule is Cc1cnc(C(=O)NCc2ccc(N3CCCC3)nc2)cn1. The van der Waals surface area contributed by atoms with Gasteiger partial charge < -0.3 is 10.2 Å². The molecule has 1 aliphatic heterocycles. The summed E-state index contributed by atoms with van der Waals surface area (Å²) in [7, 11) is 0. The third-order valence-electron chi connectivity index (χ3n) is 3.71. The minimum Gasteiger partial charge on any atom is -0.357 e. The molecule has 3 rings (SSSR count). The van der Waals surface area contributed by atoms with E-state index in [4.69, 9.17) is 0 Å². The summed E-state index contributed by atoms with van der Waals surface area (Å²) in [5, 5.41) is 2.83. The van der Waals surface area contributed by atoms with E-state index in [2.05, 4.69) is 25.2 Å². The van der Waals surface area contributed by atoms with Gasteiger partial charge in [-0.15, -0.1) is 0 Å². The van der Waals surface area contributed by atoms with Gasteiger partial charge in [-0.25, -0.2) is 9.97 Å². The molecule has 0 radical (unpaired) electrons. The molecular formula is C16H19N5O. The van der Waals surface area contributed by atoms with Crippen LogP contribution >= 0.6 is 0 Å². The fourth-order valence-corrected chi connectivity index (χ4v) is 2.44. The van der Waals surface area contributed by atoms with Crippen molar-refractivity contribution in [1.29, 1.82) is 0 Å². The first kappa shape index (κ1) is 14.4. The van der Waals surface area contributed by atoms with Gasteiger partial charge in [0.15, 0.2) is 0 Å². The van der Waals surface area contributed by atoms with Crippen molar-refractivity contribution < 1.29 is 4.79 Å². The van der Waals surface area contributed by atoms with Crippen LogP contribution in [-0.4, -0.2) is 33.9 Å². The Morgan fingerprint density at radius 2 is 1.95 bits per heavy atom. The van der Waals surface area contributed by atoms with Gasteiger partial charge in [-0.3, -0.25) is 9.78 Å². The summed E-state index contributed by atoms with van der Waals surface area (Å²) < 4.78 is 0. The van der Waals surface area contributed by atoms with Crippen molar-refractivity contribution >= 4 is 11.7 Å². The molecule has 0 saturated carbocycles. The molecule has 2 aromatic rings. The highest BCUT2D eigenvalue weighted by molar-refractivity contribution is 5.91. The lowest BCUT2D eigenvalue weighted by Gasteiger charge is -2.16. The molecule has 114 valence electrons. The Morgan fingerprint density at radius 1 is 1.14 bits per heavy atom. The number of anilines is 1. The summed E-state index contributed by atoms with van der Waals surface area (Å²) >= 11 is 0. The van der Waals surface area contributed by atoms with Crippen LogP contribution in [0.4, 0.5) is 5.82 Å². The van der Waals surface area contributed by atoms with Crippen LogP contribution in [0.1, 0.15) is 34.6 Å². The summed E-state index contributed by atoms with van der Waals surface area (Å²) in [6.07, 6.45) is 7.35. The highest BCUT2D eigenvalue weighted by Crippen LogP contribution is 2.17. The van der Waals surface area contributed by atoms with Crippen molar-refractivity contribution in [3.05, 3.63) is 47.7 Å². The number of nitrogens with one attached hydrogen (secondary N) is 1. The highest BCUT2D eigenvalue weighted by atomic mass is 16.1. The summed E-state index contributed by atoms with van der Waals surface area (Å²) in [6.45, 7) is 4.42. The summed E-state index contributed by atoms with van der Waals surface area (Å²) in [4.78, 5) is 26.8. The average molecular weight is 297 g/mol. The van der Waals surface area contributed by atoms with E-state index in [1.165, 1.54) is 19.0 Å². The second-order valence-corrected chi connectivity index (χ2v) is 5.44. The zero-order chi connectivity index (χ0) is 15.4. The summed E-state index contributed by atoms with van der Waals surface area (Å²) in [5.74, 6) is 0.785. The minimum absolute atomic E-state index is 0.226. The zero-order valence-corrected chi connectivity index (χ0v) is 12.6. The van der Waals surface area contributed by atoms with E-state index in [0.717, 1.165) is 30.2 Å². The molecule has 3 heterocycles. The topological polar surface area (TPSA) is 71.0 Å². The number of aryl methyl sites for hydroxylation is 1. The van der Waals surface area contributed by atoms with Crippen molar-refractivity contribution in [3.63, 3.8) is 0 Å². The normalized spacial score (nSPS) is 14.1. The predicted molar refractivity (Wildman–Crippen MR) is 83.6 cm³/mol. The van der Waals surface area contributed by atoms with Gasteiger partial charge >= 0.3 is 0 Å². The van der Waals surface area contributed by atoms with Gasteiger partial charge in [-0.1, -0.05) is 6.07 Å². The smallest absolute Gasteiger partial charge is 0.271 e. The van der Waals surface area contributed by atoms with E-state index in [0.29, 0.717) is 12.2 Å². The van der Waals surface area contributed by atoms with Crippen molar-refractivity contribution in [3.8, 4) is 0 Å². The first-order valence-corrected chi connectivity index (χ1v) is 7.49. The zero-order valence-electron chi connectivity index (χ0n) is 12.6. The van der Waals surface area contributed by atoms with Gasteiger partial charge in [0, 0.05) is 32.0 Å². The maximum Gasteiger partial charge on any atom is 0.271 e. The quantitative estimate of drug-likeness (QED) is 0.930. The second-order valence-electron chi connectivity index (χ2n) is 5.44. The van der Waals surface area contributed by atoms with Crippen LogP contribution in [0.2, 0.25) is 0 Å². The minimum atomic E-state index is -0.226. The molecule has 0 unspecified atom stereocenters. The van der Waals surface area contributed by atoms with Gasteiger partial charge in [-0.2, -0.15) is 0 Å². The summed E-state index contributed by atoms with van der Waals surface area (Å²) in [6, 6.07) is 4.01. The molecule has 0 aromatic carbocycles. The molecule has 1 saturated heterocycles. The van der Waals surface area contributed by atoms with Gasteiger partial charge in [0.1, 0.15) is 11.5 Å². The fourth-order valence-electron chi connectivity index (χ4n) is 2.44. The fraction of sp³-hybridized carbons (Fsp3) is 0.375. The highest BCUT2D eigenvalue weighted by Gasteiger charge is 2.13. The molecule has 1 fully saturated rings. The van der Waals surface area contributed by atoms with E-state index in [1.807, 2.05) is 25.3 Å². The van der Waals surface area contributed by atoms with Crippen LogP contribution < -0.4 is 10.2 Å². The van der Waals surface area contributed by atoms with Crippen LogP contribution in [0, 0.1) is 6.92 Å². The molecular weight excluding hydrogens is 278 g/mol. The number of carbonyl (C=O) groups excluding carboxylic acids is 1. The lowest BCUT2D eigenvalue weighted by atomic mass is 10.2. The lowest BCUT2D eigenvalue weighted by molar-refractivity contribution is 0.0945. The Hall–Kier alpha value is -2.50. The Kier molecular flexibility index (Phi) is 4.27. The van der Waals surface area contributed by atoms with Crippen LogP contribution in [-0.2, 0) is 6.54 Å². The van der Waals surface area contributed by atoms with Crippen molar-refractivity contribution in [2.45, 2.75) is 26.3 Å². The number of hydrogen-bond donors (Lipinski definition) is 1. The Balaban J connectivity index is 1.56. The van der Waals surface area contributed by atoms with E-state index in [9.17, 15) is 4.79 Å². The van der Waals surface area contributed by atoms with Crippen LogP contribution in [0.5, 0.6) is 0 Å². The van der Waals surface area contributed by atoms with Crippen LogP contribution in [0.15, 0.2) is 30.7 Å². The van der Waals surface area contributed by atoms with Gasteiger partial charge in [-0.05, 0) is 31.4 Å². The molecule has 0 spiro atoms. The molecule has 22 heavy (non-hydrogen) atoms. The standard InChI is InChI=1S/C16H19N5O/c1-12-8-18-14(11-17-12)16(22)20-10-13-4-5-15(19-9-13)21-6-2-3-7-21/h4-5,8-9,11H,2-3,6-7,10H2,1H3,(H,20,22). The Labute approximate surface area is 129 Å². The third kappa shape index (κ3) is 3.39. The maximum absolute atomic E-state index is 12.0. The van der Waals surface area contributed by atoms with Gasteiger partial charge in [0.25, 0.3) is 5.91 Å². The first-order chi connectivity index (χ1) is 10.7. The van der Waals surface area contributed by atoms with E-state index in [-0.39, 0.29) is 5.91 Å². The molecule has 1 amide bonds. The molecule has 1 N–H and O–H groups in total. The monoisotopic (exact) mass is 297 g/mol. The number of rotatable bonds is 4.